The Morgan fingerprint density at radius 1 is 1.00 bits per heavy atom. The number of hydrogen-bond acceptors (Lipinski definition) is 1. The van der Waals surface area contributed by atoms with Crippen LogP contribution in [0, 0.1) is 17.5 Å². The maximum absolute atomic E-state index is 14.0. The second-order valence-corrected chi connectivity index (χ2v) is 5.26. The van der Waals surface area contributed by atoms with Crippen LogP contribution in [0.3, 0.4) is 0 Å². The van der Waals surface area contributed by atoms with E-state index in [1.807, 2.05) is 0 Å². The van der Waals surface area contributed by atoms with E-state index in [0.29, 0.717) is 29.3 Å². The molecule has 1 unspecified atom stereocenters. The summed E-state index contributed by atoms with van der Waals surface area (Å²) < 4.78 is 41.0. The highest BCUT2D eigenvalue weighted by Gasteiger charge is 2.23. The molecule has 0 saturated heterocycles. The Morgan fingerprint density at radius 2 is 1.62 bits per heavy atom. The van der Waals surface area contributed by atoms with Gasteiger partial charge in [-0.1, -0.05) is 36.2 Å². The predicted molar refractivity (Wildman–Crippen MR) is 78.3 cm³/mol. The van der Waals surface area contributed by atoms with Gasteiger partial charge >= 0.3 is 0 Å². The Bertz CT molecular complexity index is 638. The van der Waals surface area contributed by atoms with Gasteiger partial charge < -0.3 is 5.32 Å². The van der Waals surface area contributed by atoms with E-state index >= 15 is 0 Å². The average molecular weight is 334 g/mol. The third-order valence-electron chi connectivity index (χ3n) is 3.02. The monoisotopic (exact) mass is 333 g/mol. The fourth-order valence-corrected chi connectivity index (χ4v) is 2.42. The van der Waals surface area contributed by atoms with E-state index in [2.05, 4.69) is 5.32 Å². The molecule has 21 heavy (non-hydrogen) atoms. The van der Waals surface area contributed by atoms with E-state index < -0.39 is 23.5 Å². The smallest absolute Gasteiger partial charge is 0.134 e. The van der Waals surface area contributed by atoms with Crippen LogP contribution in [0.2, 0.25) is 10.0 Å². The Kier molecular flexibility index (Phi) is 5.14. The van der Waals surface area contributed by atoms with Gasteiger partial charge in [0.1, 0.15) is 17.5 Å². The van der Waals surface area contributed by atoms with Crippen LogP contribution in [0.15, 0.2) is 30.3 Å². The first-order chi connectivity index (χ1) is 9.93. The summed E-state index contributed by atoms with van der Waals surface area (Å²) in [4.78, 5) is 0. The minimum Gasteiger partial charge on any atom is -0.306 e. The lowest BCUT2D eigenvalue weighted by Gasteiger charge is -2.20. The summed E-state index contributed by atoms with van der Waals surface area (Å²) in [5.41, 5.74) is 0.285. The van der Waals surface area contributed by atoms with Crippen LogP contribution in [0.25, 0.3) is 0 Å². The molecule has 2 aromatic carbocycles. The SMILES string of the molecule is CCNC(c1ccc(Cl)c(Cl)c1)c1c(F)cc(F)cc1F. The van der Waals surface area contributed by atoms with Gasteiger partial charge in [-0.15, -0.1) is 0 Å². The Morgan fingerprint density at radius 3 is 2.14 bits per heavy atom. The van der Waals surface area contributed by atoms with Crippen molar-refractivity contribution in [3.05, 3.63) is 69.0 Å². The molecule has 1 N–H and O–H groups in total. The number of hydrogen-bond donors (Lipinski definition) is 1. The van der Waals surface area contributed by atoms with Crippen molar-refractivity contribution in [1.29, 1.82) is 0 Å². The van der Waals surface area contributed by atoms with Gasteiger partial charge in [-0.3, -0.25) is 0 Å². The van der Waals surface area contributed by atoms with Gasteiger partial charge in [-0.25, -0.2) is 13.2 Å². The Labute approximate surface area is 130 Å². The van der Waals surface area contributed by atoms with Crippen LogP contribution in [0.1, 0.15) is 24.1 Å². The first-order valence-corrected chi connectivity index (χ1v) is 7.02. The fraction of sp³-hybridized carbons (Fsp3) is 0.200. The van der Waals surface area contributed by atoms with Crippen molar-refractivity contribution in [3.8, 4) is 0 Å². The van der Waals surface area contributed by atoms with E-state index in [-0.39, 0.29) is 10.6 Å². The molecule has 1 atom stereocenters. The molecular weight excluding hydrogens is 322 g/mol. The topological polar surface area (TPSA) is 12.0 Å². The highest BCUT2D eigenvalue weighted by atomic mass is 35.5. The molecule has 0 amide bonds. The van der Waals surface area contributed by atoms with Crippen molar-refractivity contribution in [2.75, 3.05) is 6.54 Å². The molecule has 0 aromatic heterocycles. The number of rotatable bonds is 4. The van der Waals surface area contributed by atoms with E-state index in [4.69, 9.17) is 23.2 Å². The zero-order chi connectivity index (χ0) is 15.6. The van der Waals surface area contributed by atoms with E-state index in [0.717, 1.165) is 0 Å². The molecule has 0 aliphatic rings. The molecule has 0 spiro atoms. The average Bonchev–Trinajstić information content (AvgIpc) is 2.40. The predicted octanol–water partition coefficient (Wildman–Crippen LogP) is 5.11. The van der Waals surface area contributed by atoms with E-state index in [1.54, 1.807) is 19.1 Å². The summed E-state index contributed by atoms with van der Waals surface area (Å²) >= 11 is 11.8. The zero-order valence-corrected chi connectivity index (χ0v) is 12.6. The largest absolute Gasteiger partial charge is 0.306 e. The standard InChI is InChI=1S/C15H12Cl2F3N/c1-2-21-15(8-3-4-10(16)11(17)5-8)14-12(19)6-9(18)7-13(14)20/h3-7,15,21H,2H2,1H3. The molecule has 2 aromatic rings. The summed E-state index contributed by atoms with van der Waals surface area (Å²) in [5.74, 6) is -2.87. The molecule has 0 radical (unpaired) electrons. The van der Waals surface area contributed by atoms with Crippen molar-refractivity contribution in [2.45, 2.75) is 13.0 Å². The summed E-state index contributed by atoms with van der Waals surface area (Å²) in [6, 6.07) is 5.21. The normalized spacial score (nSPS) is 12.5. The third kappa shape index (κ3) is 3.51. The van der Waals surface area contributed by atoms with Gasteiger partial charge in [0, 0.05) is 17.7 Å². The minimum atomic E-state index is -0.960. The Balaban J connectivity index is 2.55. The first kappa shape index (κ1) is 16.1. The zero-order valence-electron chi connectivity index (χ0n) is 11.1. The summed E-state index contributed by atoms with van der Waals surface area (Å²) in [6.45, 7) is 2.25. The highest BCUT2D eigenvalue weighted by molar-refractivity contribution is 6.42. The third-order valence-corrected chi connectivity index (χ3v) is 3.76. The summed E-state index contributed by atoms with van der Waals surface area (Å²) in [5, 5.41) is 3.58. The van der Waals surface area contributed by atoms with Gasteiger partial charge in [0.15, 0.2) is 0 Å². The van der Waals surface area contributed by atoms with Crippen LogP contribution in [-0.4, -0.2) is 6.54 Å². The molecule has 1 nitrogen and oxygen atoms in total. The molecule has 0 aliphatic heterocycles. The van der Waals surface area contributed by atoms with Gasteiger partial charge in [-0.05, 0) is 24.2 Å². The number of nitrogens with one attached hydrogen (secondary N) is 1. The minimum absolute atomic E-state index is 0.253. The van der Waals surface area contributed by atoms with Gasteiger partial charge in [0.05, 0.1) is 16.1 Å². The molecule has 112 valence electrons. The molecular formula is C15H12Cl2F3N. The van der Waals surface area contributed by atoms with Crippen molar-refractivity contribution in [1.82, 2.24) is 5.32 Å². The van der Waals surface area contributed by atoms with Crippen LogP contribution < -0.4 is 5.32 Å². The second kappa shape index (κ2) is 6.69. The summed E-state index contributed by atoms with van der Waals surface area (Å²) in [6.07, 6.45) is 0. The van der Waals surface area contributed by atoms with E-state index in [1.165, 1.54) is 6.07 Å². The van der Waals surface area contributed by atoms with Crippen LogP contribution >= 0.6 is 23.2 Å². The lowest BCUT2D eigenvalue weighted by atomic mass is 9.97. The lowest BCUT2D eigenvalue weighted by Crippen LogP contribution is -2.24. The molecule has 2 rings (SSSR count). The molecule has 6 heteroatoms. The van der Waals surface area contributed by atoms with Crippen molar-refractivity contribution in [3.63, 3.8) is 0 Å². The highest BCUT2D eigenvalue weighted by Crippen LogP contribution is 2.31. The molecule has 0 fully saturated rings. The van der Waals surface area contributed by atoms with Crippen molar-refractivity contribution >= 4 is 23.2 Å². The van der Waals surface area contributed by atoms with E-state index in [9.17, 15) is 13.2 Å². The van der Waals surface area contributed by atoms with Gasteiger partial charge in [0.25, 0.3) is 0 Å². The number of benzene rings is 2. The van der Waals surface area contributed by atoms with Crippen LogP contribution in [0.5, 0.6) is 0 Å². The first-order valence-electron chi connectivity index (χ1n) is 6.26. The van der Waals surface area contributed by atoms with Crippen LogP contribution in [-0.2, 0) is 0 Å². The van der Waals surface area contributed by atoms with Crippen LogP contribution in [0.4, 0.5) is 13.2 Å². The quantitative estimate of drug-likeness (QED) is 0.819. The molecule has 0 heterocycles. The van der Waals surface area contributed by atoms with Gasteiger partial charge in [0.2, 0.25) is 0 Å². The van der Waals surface area contributed by atoms with Gasteiger partial charge in [-0.2, -0.15) is 0 Å². The molecule has 0 bridgehead atoms. The maximum Gasteiger partial charge on any atom is 0.134 e. The van der Waals surface area contributed by atoms with Crippen molar-refractivity contribution < 1.29 is 13.2 Å². The molecule has 0 saturated carbocycles. The number of halogens is 5. The van der Waals surface area contributed by atoms with Crippen molar-refractivity contribution in [2.24, 2.45) is 0 Å². The second-order valence-electron chi connectivity index (χ2n) is 4.45. The lowest BCUT2D eigenvalue weighted by molar-refractivity contribution is 0.492. The Hall–Kier alpha value is -1.23. The molecule has 0 aliphatic carbocycles. The maximum atomic E-state index is 14.0. The fourth-order valence-electron chi connectivity index (χ4n) is 2.11. The summed E-state index contributed by atoms with van der Waals surface area (Å²) in [7, 11) is 0.